The molecule has 1 amide bonds. The molecule has 0 saturated heterocycles. The number of carbonyl (C=O) groups is 2. The topological polar surface area (TPSA) is 66.4 Å². The average molecular weight is 359 g/mol. The number of nitrogens with one attached hydrogen (secondary N) is 1. The van der Waals surface area contributed by atoms with Crippen molar-refractivity contribution in [2.24, 2.45) is 0 Å². The minimum Gasteiger partial charge on any atom is -0.478 e. The van der Waals surface area contributed by atoms with Gasteiger partial charge in [-0.1, -0.05) is 48.5 Å². The van der Waals surface area contributed by atoms with Gasteiger partial charge in [-0.2, -0.15) is 0 Å². The second-order valence-electron chi connectivity index (χ2n) is 6.55. The van der Waals surface area contributed by atoms with Crippen LogP contribution >= 0.6 is 0 Å². The molecule has 0 radical (unpaired) electrons. The smallest absolute Gasteiger partial charge is 0.335 e. The lowest BCUT2D eigenvalue weighted by Crippen LogP contribution is -2.05. The van der Waals surface area contributed by atoms with E-state index in [0.29, 0.717) is 5.56 Å². The molecular weight excluding hydrogens is 338 g/mol. The molecule has 0 aromatic heterocycles. The minimum absolute atomic E-state index is 0.0732. The van der Waals surface area contributed by atoms with Crippen molar-refractivity contribution in [3.05, 3.63) is 101 Å². The highest BCUT2D eigenvalue weighted by Gasteiger charge is 2.03. The molecule has 2 N–H and O–H groups in total. The quantitative estimate of drug-likeness (QED) is 0.680. The van der Waals surface area contributed by atoms with E-state index >= 15 is 0 Å². The number of rotatable bonds is 6. The molecule has 0 fully saturated rings. The zero-order valence-electron chi connectivity index (χ0n) is 15.1. The summed E-state index contributed by atoms with van der Waals surface area (Å²) in [5, 5.41) is 11.7. The Balaban J connectivity index is 1.61. The van der Waals surface area contributed by atoms with Gasteiger partial charge in [0, 0.05) is 12.6 Å². The maximum absolute atomic E-state index is 11.1. The molecule has 0 aliphatic carbocycles. The molecule has 0 atom stereocenters. The van der Waals surface area contributed by atoms with Crippen molar-refractivity contribution >= 4 is 17.6 Å². The lowest BCUT2D eigenvalue weighted by atomic mass is 9.99. The summed E-state index contributed by atoms with van der Waals surface area (Å²) in [7, 11) is 0. The first kappa shape index (κ1) is 18.4. The summed E-state index contributed by atoms with van der Waals surface area (Å²) in [6, 6.07) is 23.3. The van der Waals surface area contributed by atoms with Gasteiger partial charge in [0.2, 0.25) is 5.91 Å². The van der Waals surface area contributed by atoms with Crippen LogP contribution in [0, 0.1) is 0 Å². The van der Waals surface area contributed by atoms with E-state index in [4.69, 9.17) is 5.11 Å². The van der Waals surface area contributed by atoms with E-state index in [0.717, 1.165) is 24.1 Å². The predicted molar refractivity (Wildman–Crippen MR) is 106 cm³/mol. The number of carboxylic acid groups (broad SMARTS) is 1. The van der Waals surface area contributed by atoms with Crippen molar-refractivity contribution in [1.29, 1.82) is 0 Å². The maximum Gasteiger partial charge on any atom is 0.335 e. The van der Waals surface area contributed by atoms with Crippen molar-refractivity contribution in [2.75, 3.05) is 5.32 Å². The number of benzene rings is 3. The second-order valence-corrected chi connectivity index (χ2v) is 6.55. The summed E-state index contributed by atoms with van der Waals surface area (Å²) in [4.78, 5) is 22.0. The van der Waals surface area contributed by atoms with Gasteiger partial charge in [0.05, 0.1) is 5.56 Å². The average Bonchev–Trinajstić information content (AvgIpc) is 2.65. The van der Waals surface area contributed by atoms with E-state index in [9.17, 15) is 9.59 Å². The Hall–Kier alpha value is -3.40. The Kier molecular flexibility index (Phi) is 5.67. The van der Waals surface area contributed by atoms with Crippen molar-refractivity contribution < 1.29 is 14.7 Å². The van der Waals surface area contributed by atoms with E-state index in [1.807, 2.05) is 36.4 Å². The number of carbonyl (C=O) groups excluding carboxylic acids is 1. The molecule has 27 heavy (non-hydrogen) atoms. The zero-order valence-corrected chi connectivity index (χ0v) is 15.1. The monoisotopic (exact) mass is 359 g/mol. The van der Waals surface area contributed by atoms with Crippen LogP contribution in [-0.2, 0) is 17.6 Å². The van der Waals surface area contributed by atoms with Gasteiger partial charge in [0.25, 0.3) is 0 Å². The first-order chi connectivity index (χ1) is 13.0. The number of hydrogen-bond donors (Lipinski definition) is 2. The van der Waals surface area contributed by atoms with E-state index in [1.165, 1.54) is 23.6 Å². The number of aromatic carboxylic acids is 1. The predicted octanol–water partition coefficient (Wildman–Crippen LogP) is 4.52. The van der Waals surface area contributed by atoms with Crippen LogP contribution in [0.3, 0.4) is 0 Å². The van der Waals surface area contributed by atoms with Crippen LogP contribution in [0.5, 0.6) is 0 Å². The third kappa shape index (κ3) is 5.28. The summed E-state index contributed by atoms with van der Waals surface area (Å²) in [5.41, 5.74) is 5.77. The molecule has 0 spiro atoms. The molecule has 0 unspecified atom stereocenters. The lowest BCUT2D eigenvalue weighted by molar-refractivity contribution is -0.114. The molecule has 136 valence electrons. The van der Waals surface area contributed by atoms with Crippen molar-refractivity contribution in [3.8, 4) is 0 Å². The summed E-state index contributed by atoms with van der Waals surface area (Å²) in [6.45, 7) is 1.50. The third-order valence-electron chi connectivity index (χ3n) is 4.31. The van der Waals surface area contributed by atoms with Crippen LogP contribution in [0.1, 0.15) is 39.5 Å². The van der Waals surface area contributed by atoms with Gasteiger partial charge in [0.15, 0.2) is 0 Å². The molecule has 0 saturated carbocycles. The first-order valence-electron chi connectivity index (χ1n) is 8.76. The number of anilines is 1. The largest absolute Gasteiger partial charge is 0.478 e. The molecule has 3 aromatic rings. The van der Waals surface area contributed by atoms with Gasteiger partial charge in [-0.05, 0) is 59.4 Å². The maximum atomic E-state index is 11.1. The molecule has 3 aromatic carbocycles. The Morgan fingerprint density at radius 1 is 0.704 bits per heavy atom. The first-order valence-corrected chi connectivity index (χ1v) is 8.76. The molecule has 0 aliphatic rings. The fourth-order valence-electron chi connectivity index (χ4n) is 2.92. The fraction of sp³-hybridized carbons (Fsp3) is 0.130. The number of carboxylic acids is 1. The van der Waals surface area contributed by atoms with Crippen LogP contribution < -0.4 is 5.32 Å². The molecule has 3 rings (SSSR count). The number of amides is 1. The summed E-state index contributed by atoms with van der Waals surface area (Å²) < 4.78 is 0. The standard InChI is InChI=1S/C23H21NO3/c1-16(25)24-22-12-8-20(9-13-22)15-18-4-2-17(3-5-18)14-19-6-10-21(11-7-19)23(26)27/h2-13H,14-15H2,1H3,(H,24,25)(H,26,27). The van der Waals surface area contributed by atoms with Gasteiger partial charge in [-0.15, -0.1) is 0 Å². The van der Waals surface area contributed by atoms with Crippen LogP contribution in [0.4, 0.5) is 5.69 Å². The van der Waals surface area contributed by atoms with Crippen molar-refractivity contribution in [2.45, 2.75) is 19.8 Å². The van der Waals surface area contributed by atoms with Gasteiger partial charge in [0.1, 0.15) is 0 Å². The SMILES string of the molecule is CC(=O)Nc1ccc(Cc2ccc(Cc3ccc(C(=O)O)cc3)cc2)cc1. The van der Waals surface area contributed by atoms with Gasteiger partial charge >= 0.3 is 5.97 Å². The Bertz CT molecular complexity index is 927. The van der Waals surface area contributed by atoms with Crippen molar-refractivity contribution in [3.63, 3.8) is 0 Å². The van der Waals surface area contributed by atoms with E-state index < -0.39 is 5.97 Å². The lowest BCUT2D eigenvalue weighted by Gasteiger charge is -2.07. The summed E-state index contributed by atoms with van der Waals surface area (Å²) >= 11 is 0. The Morgan fingerprint density at radius 2 is 1.07 bits per heavy atom. The normalized spacial score (nSPS) is 10.4. The molecule has 0 aliphatic heterocycles. The molecule has 0 bridgehead atoms. The van der Waals surface area contributed by atoms with Crippen LogP contribution in [-0.4, -0.2) is 17.0 Å². The second kappa shape index (κ2) is 8.32. The highest BCUT2D eigenvalue weighted by atomic mass is 16.4. The highest BCUT2D eigenvalue weighted by Crippen LogP contribution is 2.16. The van der Waals surface area contributed by atoms with Gasteiger partial charge in [-0.25, -0.2) is 4.79 Å². The highest BCUT2D eigenvalue weighted by molar-refractivity contribution is 5.88. The number of hydrogen-bond acceptors (Lipinski definition) is 2. The van der Waals surface area contributed by atoms with Crippen LogP contribution in [0.25, 0.3) is 0 Å². The van der Waals surface area contributed by atoms with E-state index in [-0.39, 0.29) is 5.91 Å². The minimum atomic E-state index is -0.906. The van der Waals surface area contributed by atoms with Crippen LogP contribution in [0.15, 0.2) is 72.8 Å². The summed E-state index contributed by atoms with van der Waals surface area (Å²) in [5.74, 6) is -0.980. The van der Waals surface area contributed by atoms with Gasteiger partial charge in [-0.3, -0.25) is 4.79 Å². The third-order valence-corrected chi connectivity index (χ3v) is 4.31. The van der Waals surface area contributed by atoms with E-state index in [2.05, 4.69) is 29.6 Å². The molecule has 4 heteroatoms. The molecule has 0 heterocycles. The van der Waals surface area contributed by atoms with Crippen LogP contribution in [0.2, 0.25) is 0 Å². The Morgan fingerprint density at radius 3 is 1.44 bits per heavy atom. The van der Waals surface area contributed by atoms with Crippen molar-refractivity contribution in [1.82, 2.24) is 0 Å². The fourth-order valence-corrected chi connectivity index (χ4v) is 2.92. The Labute approximate surface area is 158 Å². The molecule has 4 nitrogen and oxygen atoms in total. The zero-order chi connectivity index (χ0) is 19.2. The molecular formula is C23H21NO3. The van der Waals surface area contributed by atoms with Gasteiger partial charge < -0.3 is 10.4 Å². The summed E-state index contributed by atoms with van der Waals surface area (Å²) in [6.07, 6.45) is 1.60. The van der Waals surface area contributed by atoms with E-state index in [1.54, 1.807) is 12.1 Å².